The van der Waals surface area contributed by atoms with E-state index < -0.39 is 5.92 Å². The first kappa shape index (κ1) is 21.9. The first-order valence-corrected chi connectivity index (χ1v) is 11.1. The normalized spacial score (nSPS) is 18.6. The zero-order valence-corrected chi connectivity index (χ0v) is 18.6. The molecule has 0 spiro atoms. The van der Waals surface area contributed by atoms with Gasteiger partial charge in [-0.15, -0.1) is 0 Å². The highest BCUT2D eigenvalue weighted by atomic mass is 16.5. The van der Waals surface area contributed by atoms with Crippen molar-refractivity contribution >= 4 is 29.1 Å². The number of anilines is 2. The van der Waals surface area contributed by atoms with Gasteiger partial charge < -0.3 is 19.9 Å². The number of nitrogens with zero attached hydrogens (tertiary/aromatic N) is 2. The molecule has 32 heavy (non-hydrogen) atoms. The minimum absolute atomic E-state index is 0.0609. The first-order valence-electron chi connectivity index (χ1n) is 11.1. The molecule has 168 valence electrons. The van der Waals surface area contributed by atoms with Crippen molar-refractivity contribution in [2.45, 2.75) is 32.6 Å². The maximum atomic E-state index is 13.1. The number of hydrogen-bond donors (Lipinski definition) is 1. The van der Waals surface area contributed by atoms with Gasteiger partial charge in [0.15, 0.2) is 0 Å². The number of methoxy groups -OCH3 is 1. The van der Waals surface area contributed by atoms with Crippen LogP contribution in [0.5, 0.6) is 5.75 Å². The van der Waals surface area contributed by atoms with E-state index in [2.05, 4.69) is 5.32 Å². The van der Waals surface area contributed by atoms with Crippen LogP contribution in [0.1, 0.15) is 41.6 Å². The van der Waals surface area contributed by atoms with Crippen molar-refractivity contribution in [3.63, 3.8) is 0 Å². The zero-order chi connectivity index (χ0) is 22.7. The number of amides is 3. The van der Waals surface area contributed by atoms with Gasteiger partial charge in [0.1, 0.15) is 5.75 Å². The molecule has 2 aromatic carbocycles. The minimum Gasteiger partial charge on any atom is -0.495 e. The van der Waals surface area contributed by atoms with Crippen LogP contribution in [0.3, 0.4) is 0 Å². The molecule has 2 heterocycles. The summed E-state index contributed by atoms with van der Waals surface area (Å²) in [7, 11) is 1.56. The number of ether oxygens (including phenoxy) is 1. The fourth-order valence-corrected chi connectivity index (χ4v) is 4.41. The topological polar surface area (TPSA) is 79.0 Å². The molecule has 2 fully saturated rings. The second-order valence-corrected chi connectivity index (χ2v) is 8.47. The molecular weight excluding hydrogens is 406 g/mol. The molecule has 4 rings (SSSR count). The lowest BCUT2D eigenvalue weighted by atomic mass is 10.1. The number of benzene rings is 2. The maximum absolute atomic E-state index is 13.1. The van der Waals surface area contributed by atoms with Gasteiger partial charge in [0.05, 0.1) is 30.0 Å². The minimum atomic E-state index is -0.508. The predicted molar refractivity (Wildman–Crippen MR) is 123 cm³/mol. The van der Waals surface area contributed by atoms with Crippen LogP contribution in [0.25, 0.3) is 0 Å². The molecule has 0 saturated carbocycles. The Labute approximate surface area is 188 Å². The Balaban J connectivity index is 1.49. The van der Waals surface area contributed by atoms with Crippen LogP contribution in [-0.4, -0.2) is 49.4 Å². The van der Waals surface area contributed by atoms with Gasteiger partial charge in [-0.25, -0.2) is 0 Å². The van der Waals surface area contributed by atoms with E-state index in [9.17, 15) is 14.4 Å². The quantitative estimate of drug-likeness (QED) is 0.778. The lowest BCUT2D eigenvalue weighted by molar-refractivity contribution is -0.122. The summed E-state index contributed by atoms with van der Waals surface area (Å²) >= 11 is 0. The number of piperidine rings is 1. The number of para-hydroxylation sites is 1. The maximum Gasteiger partial charge on any atom is 0.255 e. The Morgan fingerprint density at radius 1 is 1.06 bits per heavy atom. The molecule has 2 aliphatic heterocycles. The second kappa shape index (κ2) is 9.42. The number of likely N-dealkylation sites (tertiary alicyclic amines) is 1. The van der Waals surface area contributed by atoms with E-state index >= 15 is 0 Å². The highest BCUT2D eigenvalue weighted by Crippen LogP contribution is 2.34. The molecule has 0 bridgehead atoms. The average Bonchev–Trinajstić information content (AvgIpc) is 3.21. The van der Waals surface area contributed by atoms with Gasteiger partial charge in [-0.3, -0.25) is 14.4 Å². The molecule has 7 nitrogen and oxygen atoms in total. The van der Waals surface area contributed by atoms with E-state index in [1.165, 1.54) is 0 Å². The van der Waals surface area contributed by atoms with Crippen molar-refractivity contribution in [3.8, 4) is 5.75 Å². The van der Waals surface area contributed by atoms with Crippen molar-refractivity contribution in [3.05, 3.63) is 53.6 Å². The molecule has 3 amide bonds. The Morgan fingerprint density at radius 3 is 2.56 bits per heavy atom. The van der Waals surface area contributed by atoms with E-state index in [1.807, 2.05) is 30.0 Å². The third kappa shape index (κ3) is 4.47. The molecule has 1 N–H and O–H groups in total. The van der Waals surface area contributed by atoms with Crippen molar-refractivity contribution < 1.29 is 19.1 Å². The Bertz CT molecular complexity index is 1030. The highest BCUT2D eigenvalue weighted by Gasteiger charge is 2.36. The van der Waals surface area contributed by atoms with Crippen LogP contribution in [0, 0.1) is 12.8 Å². The molecule has 2 saturated heterocycles. The number of hydrogen-bond acceptors (Lipinski definition) is 4. The van der Waals surface area contributed by atoms with Gasteiger partial charge >= 0.3 is 0 Å². The van der Waals surface area contributed by atoms with E-state index in [1.54, 1.807) is 36.3 Å². The molecular formula is C25H29N3O4. The Hall–Kier alpha value is -3.35. The monoisotopic (exact) mass is 435 g/mol. The third-order valence-corrected chi connectivity index (χ3v) is 6.18. The van der Waals surface area contributed by atoms with Gasteiger partial charge in [0.25, 0.3) is 5.91 Å². The SMILES string of the molecule is COc1ccc(C)cc1N1CC(C(=O)Nc2ccccc2C(=O)N2CCCCC2)CC1=O. The summed E-state index contributed by atoms with van der Waals surface area (Å²) in [6.45, 7) is 3.70. The van der Waals surface area contributed by atoms with Crippen LogP contribution in [0.2, 0.25) is 0 Å². The predicted octanol–water partition coefficient (Wildman–Crippen LogP) is 3.62. The summed E-state index contributed by atoms with van der Waals surface area (Å²) in [6, 6.07) is 12.7. The number of carbonyl (C=O) groups excluding carboxylic acids is 3. The fraction of sp³-hybridized carbons (Fsp3) is 0.400. The van der Waals surface area contributed by atoms with Gasteiger partial charge in [0.2, 0.25) is 11.8 Å². The molecule has 0 aromatic heterocycles. The Morgan fingerprint density at radius 2 is 1.81 bits per heavy atom. The van der Waals surface area contributed by atoms with Crippen LogP contribution in [-0.2, 0) is 9.59 Å². The van der Waals surface area contributed by atoms with E-state index in [0.717, 1.165) is 37.9 Å². The number of nitrogens with one attached hydrogen (secondary N) is 1. The van der Waals surface area contributed by atoms with Gasteiger partial charge in [0, 0.05) is 26.1 Å². The summed E-state index contributed by atoms with van der Waals surface area (Å²) < 4.78 is 5.42. The Kier molecular flexibility index (Phi) is 6.44. The second-order valence-electron chi connectivity index (χ2n) is 8.47. The molecule has 2 aliphatic rings. The highest BCUT2D eigenvalue weighted by molar-refractivity contribution is 6.07. The van der Waals surface area contributed by atoms with Crippen molar-refractivity contribution in [2.24, 2.45) is 5.92 Å². The molecule has 1 unspecified atom stereocenters. The summed E-state index contributed by atoms with van der Waals surface area (Å²) in [4.78, 5) is 42.3. The van der Waals surface area contributed by atoms with Crippen LogP contribution >= 0.6 is 0 Å². The fourth-order valence-electron chi connectivity index (χ4n) is 4.41. The third-order valence-electron chi connectivity index (χ3n) is 6.18. The average molecular weight is 436 g/mol. The molecule has 1 atom stereocenters. The van der Waals surface area contributed by atoms with E-state index in [0.29, 0.717) is 22.7 Å². The number of rotatable bonds is 5. The lowest BCUT2D eigenvalue weighted by Gasteiger charge is -2.27. The lowest BCUT2D eigenvalue weighted by Crippen LogP contribution is -2.36. The summed E-state index contributed by atoms with van der Waals surface area (Å²) in [5, 5.41) is 2.91. The molecule has 0 aliphatic carbocycles. The number of aryl methyl sites for hydroxylation is 1. The molecule has 7 heteroatoms. The van der Waals surface area contributed by atoms with Crippen LogP contribution in [0.15, 0.2) is 42.5 Å². The summed E-state index contributed by atoms with van der Waals surface area (Å²) in [6.07, 6.45) is 3.26. The van der Waals surface area contributed by atoms with Crippen molar-refractivity contribution in [1.29, 1.82) is 0 Å². The number of carbonyl (C=O) groups is 3. The molecule has 0 radical (unpaired) electrons. The van der Waals surface area contributed by atoms with Gasteiger partial charge in [-0.2, -0.15) is 0 Å². The van der Waals surface area contributed by atoms with E-state index in [-0.39, 0.29) is 30.7 Å². The largest absolute Gasteiger partial charge is 0.495 e. The van der Waals surface area contributed by atoms with Crippen molar-refractivity contribution in [2.75, 3.05) is 37.0 Å². The smallest absolute Gasteiger partial charge is 0.255 e. The first-order chi connectivity index (χ1) is 15.5. The molecule has 2 aromatic rings. The van der Waals surface area contributed by atoms with Crippen LogP contribution < -0.4 is 15.0 Å². The summed E-state index contributed by atoms with van der Waals surface area (Å²) in [5.74, 6) is -0.347. The van der Waals surface area contributed by atoms with Crippen molar-refractivity contribution in [1.82, 2.24) is 4.90 Å². The van der Waals surface area contributed by atoms with Gasteiger partial charge in [-0.05, 0) is 56.0 Å². The van der Waals surface area contributed by atoms with E-state index in [4.69, 9.17) is 4.74 Å². The standard InChI is InChI=1S/C25H29N3O4/c1-17-10-11-22(32-2)21(14-17)28-16-18(15-23(28)29)24(30)26-20-9-5-4-8-19(20)25(31)27-12-6-3-7-13-27/h4-5,8-11,14,18H,3,6-7,12-13,15-16H2,1-2H3,(H,26,30). The van der Waals surface area contributed by atoms with Crippen LogP contribution in [0.4, 0.5) is 11.4 Å². The van der Waals surface area contributed by atoms with Gasteiger partial charge in [-0.1, -0.05) is 18.2 Å². The summed E-state index contributed by atoms with van der Waals surface area (Å²) in [5.41, 5.74) is 2.66. The zero-order valence-electron chi connectivity index (χ0n) is 18.6.